The summed E-state index contributed by atoms with van der Waals surface area (Å²) in [5.74, 6) is -0.837. The zero-order valence-electron chi connectivity index (χ0n) is 11.2. The smallest absolute Gasteiger partial charge is 0.341 e. The Morgan fingerprint density at radius 1 is 1.38 bits per heavy atom. The highest BCUT2D eigenvalue weighted by Gasteiger charge is 2.17. The van der Waals surface area contributed by atoms with E-state index in [4.69, 9.17) is 22.1 Å². The summed E-state index contributed by atoms with van der Waals surface area (Å²) in [7, 11) is 0. The minimum absolute atomic E-state index is 0.274. The number of hydrogen-bond donors (Lipinski definition) is 2. The van der Waals surface area contributed by atoms with Crippen LogP contribution in [0.15, 0.2) is 29.6 Å². The van der Waals surface area contributed by atoms with E-state index >= 15 is 0 Å². The fourth-order valence-electron chi connectivity index (χ4n) is 1.64. The lowest BCUT2D eigenvalue weighted by Gasteiger charge is -2.07. The number of nitrogens with one attached hydrogen (secondary N) is 1. The van der Waals surface area contributed by atoms with Crippen molar-refractivity contribution in [2.75, 3.05) is 17.7 Å². The van der Waals surface area contributed by atoms with Crippen LogP contribution in [0.5, 0.6) is 0 Å². The van der Waals surface area contributed by atoms with Crippen molar-refractivity contribution in [2.24, 2.45) is 0 Å². The first-order valence-corrected chi connectivity index (χ1v) is 7.39. The van der Waals surface area contributed by atoms with E-state index in [2.05, 4.69) is 5.32 Å². The number of rotatable bonds is 4. The van der Waals surface area contributed by atoms with Crippen LogP contribution < -0.4 is 11.1 Å². The fraction of sp³-hybridized carbons (Fsp3) is 0.143. The number of esters is 1. The molecule has 2 aromatic rings. The van der Waals surface area contributed by atoms with Gasteiger partial charge < -0.3 is 15.8 Å². The van der Waals surface area contributed by atoms with Gasteiger partial charge in [0.25, 0.3) is 5.91 Å². The number of amides is 1. The van der Waals surface area contributed by atoms with E-state index in [0.29, 0.717) is 26.8 Å². The van der Waals surface area contributed by atoms with Crippen molar-refractivity contribution in [1.82, 2.24) is 0 Å². The van der Waals surface area contributed by atoms with Crippen LogP contribution in [-0.4, -0.2) is 18.5 Å². The number of carbonyl (C=O) groups excluding carboxylic acids is 2. The highest BCUT2D eigenvalue weighted by Crippen LogP contribution is 2.26. The van der Waals surface area contributed by atoms with Gasteiger partial charge in [0.15, 0.2) is 0 Å². The van der Waals surface area contributed by atoms with Crippen molar-refractivity contribution >= 4 is 45.5 Å². The van der Waals surface area contributed by atoms with Crippen molar-refractivity contribution in [2.45, 2.75) is 6.92 Å². The van der Waals surface area contributed by atoms with Gasteiger partial charge in [-0.2, -0.15) is 0 Å². The van der Waals surface area contributed by atoms with Crippen molar-refractivity contribution in [3.8, 4) is 0 Å². The summed E-state index contributed by atoms with van der Waals surface area (Å²) in [5.41, 5.74) is 6.68. The van der Waals surface area contributed by atoms with Crippen LogP contribution in [-0.2, 0) is 4.74 Å². The third-order valence-electron chi connectivity index (χ3n) is 2.65. The molecule has 1 aromatic carbocycles. The summed E-state index contributed by atoms with van der Waals surface area (Å²) < 4.78 is 4.93. The maximum atomic E-state index is 12.2. The first-order chi connectivity index (χ1) is 10.0. The molecule has 0 aliphatic rings. The summed E-state index contributed by atoms with van der Waals surface area (Å²) in [5, 5.41) is 5.20. The second-order valence-electron chi connectivity index (χ2n) is 4.07. The molecule has 0 aliphatic heterocycles. The number of ether oxygens (including phenoxy) is 1. The topological polar surface area (TPSA) is 81.4 Å². The molecule has 5 nitrogen and oxygen atoms in total. The zero-order chi connectivity index (χ0) is 15.4. The molecule has 0 spiro atoms. The normalized spacial score (nSPS) is 10.2. The van der Waals surface area contributed by atoms with E-state index in [1.165, 1.54) is 17.4 Å². The molecule has 1 amide bonds. The van der Waals surface area contributed by atoms with Crippen LogP contribution in [0.4, 0.5) is 10.7 Å². The molecule has 0 unspecified atom stereocenters. The second kappa shape index (κ2) is 6.60. The number of anilines is 2. The molecular formula is C14H13ClN2O3S. The van der Waals surface area contributed by atoms with Gasteiger partial charge in [-0.1, -0.05) is 11.6 Å². The van der Waals surface area contributed by atoms with Gasteiger partial charge in [-0.15, -0.1) is 11.3 Å². The lowest BCUT2D eigenvalue weighted by atomic mass is 10.2. The van der Waals surface area contributed by atoms with E-state index in [0.717, 1.165) is 0 Å². The molecule has 21 heavy (non-hydrogen) atoms. The van der Waals surface area contributed by atoms with Gasteiger partial charge in [-0.25, -0.2) is 4.79 Å². The van der Waals surface area contributed by atoms with Crippen molar-refractivity contribution in [3.63, 3.8) is 0 Å². The highest BCUT2D eigenvalue weighted by atomic mass is 35.5. The van der Waals surface area contributed by atoms with Gasteiger partial charge in [0, 0.05) is 5.56 Å². The molecule has 1 heterocycles. The van der Waals surface area contributed by atoms with E-state index in [1.54, 1.807) is 30.5 Å². The average Bonchev–Trinajstić information content (AvgIpc) is 2.90. The molecule has 7 heteroatoms. The number of halogens is 1. The average molecular weight is 325 g/mol. The summed E-state index contributed by atoms with van der Waals surface area (Å²) in [6.45, 7) is 1.99. The molecule has 0 atom stereocenters. The van der Waals surface area contributed by atoms with Crippen LogP contribution in [0.3, 0.4) is 0 Å². The number of thiophene rings is 1. The Balaban J connectivity index is 2.18. The van der Waals surface area contributed by atoms with Gasteiger partial charge in [0.2, 0.25) is 0 Å². The highest BCUT2D eigenvalue weighted by molar-refractivity contribution is 7.14. The quantitative estimate of drug-likeness (QED) is 0.667. The molecular weight excluding hydrogens is 312 g/mol. The Morgan fingerprint density at radius 3 is 2.81 bits per heavy atom. The molecule has 1 aromatic heterocycles. The minimum Gasteiger partial charge on any atom is -0.462 e. The van der Waals surface area contributed by atoms with E-state index in [9.17, 15) is 9.59 Å². The van der Waals surface area contributed by atoms with Gasteiger partial charge in [-0.3, -0.25) is 4.79 Å². The monoisotopic (exact) mass is 324 g/mol. The Morgan fingerprint density at radius 2 is 2.14 bits per heavy atom. The Bertz CT molecular complexity index is 685. The predicted molar refractivity (Wildman–Crippen MR) is 84.1 cm³/mol. The number of benzene rings is 1. The largest absolute Gasteiger partial charge is 0.462 e. The zero-order valence-corrected chi connectivity index (χ0v) is 12.8. The lowest BCUT2D eigenvalue weighted by Crippen LogP contribution is -2.14. The molecule has 2 rings (SSSR count). The molecule has 0 saturated heterocycles. The minimum atomic E-state index is -0.468. The van der Waals surface area contributed by atoms with Crippen LogP contribution in [0, 0.1) is 0 Å². The second-order valence-corrected chi connectivity index (χ2v) is 5.40. The third-order valence-corrected chi connectivity index (χ3v) is 3.82. The lowest BCUT2D eigenvalue weighted by molar-refractivity contribution is 0.0528. The molecule has 110 valence electrons. The first kappa shape index (κ1) is 15.3. The SMILES string of the molecule is CCOC(=O)c1ccsc1NC(=O)c1ccc(Cl)c(N)c1. The van der Waals surface area contributed by atoms with Gasteiger partial charge in [-0.05, 0) is 36.6 Å². The van der Waals surface area contributed by atoms with Crippen LogP contribution in [0.1, 0.15) is 27.6 Å². The van der Waals surface area contributed by atoms with Gasteiger partial charge in [0.1, 0.15) is 5.00 Å². The summed E-state index contributed by atoms with van der Waals surface area (Å²) in [6.07, 6.45) is 0. The maximum Gasteiger partial charge on any atom is 0.341 e. The molecule has 0 aliphatic carbocycles. The van der Waals surface area contributed by atoms with Crippen molar-refractivity contribution in [3.05, 3.63) is 45.8 Å². The third kappa shape index (κ3) is 3.53. The van der Waals surface area contributed by atoms with Crippen molar-refractivity contribution in [1.29, 1.82) is 0 Å². The summed E-state index contributed by atoms with van der Waals surface area (Å²) in [6, 6.07) is 6.20. The number of nitrogen functional groups attached to an aromatic ring is 1. The number of hydrogen-bond acceptors (Lipinski definition) is 5. The van der Waals surface area contributed by atoms with Crippen LogP contribution >= 0.6 is 22.9 Å². The van der Waals surface area contributed by atoms with Gasteiger partial charge in [0.05, 0.1) is 22.9 Å². The number of nitrogens with two attached hydrogens (primary N) is 1. The molecule has 0 radical (unpaired) electrons. The Hall–Kier alpha value is -2.05. The van der Waals surface area contributed by atoms with Gasteiger partial charge >= 0.3 is 5.97 Å². The van der Waals surface area contributed by atoms with Crippen LogP contribution in [0.25, 0.3) is 0 Å². The molecule has 0 fully saturated rings. The predicted octanol–water partition coefficient (Wildman–Crippen LogP) is 3.41. The molecule has 0 bridgehead atoms. The summed E-state index contributed by atoms with van der Waals surface area (Å²) in [4.78, 5) is 23.9. The number of carbonyl (C=O) groups is 2. The fourth-order valence-corrected chi connectivity index (χ4v) is 2.52. The van der Waals surface area contributed by atoms with Crippen molar-refractivity contribution < 1.29 is 14.3 Å². The van der Waals surface area contributed by atoms with E-state index in [1.807, 2.05) is 0 Å². The molecule has 0 saturated carbocycles. The standard InChI is InChI=1S/C14H13ClN2O3S/c1-2-20-14(19)9-5-6-21-13(9)17-12(18)8-3-4-10(15)11(16)7-8/h3-7H,2,16H2,1H3,(H,17,18). The Labute approximate surface area is 130 Å². The van der Waals surface area contributed by atoms with E-state index in [-0.39, 0.29) is 12.5 Å². The maximum absolute atomic E-state index is 12.2. The molecule has 3 N–H and O–H groups in total. The first-order valence-electron chi connectivity index (χ1n) is 6.14. The van der Waals surface area contributed by atoms with Crippen LogP contribution in [0.2, 0.25) is 5.02 Å². The van der Waals surface area contributed by atoms with E-state index < -0.39 is 5.97 Å². The Kier molecular flexibility index (Phi) is 4.82. The summed E-state index contributed by atoms with van der Waals surface area (Å²) >= 11 is 7.06.